The van der Waals surface area contributed by atoms with Crippen LogP contribution in [-0.4, -0.2) is 34.2 Å². The van der Waals surface area contributed by atoms with E-state index in [1.54, 1.807) is 42.5 Å². The maximum Gasteiger partial charge on any atom is 0.413 e. The molecule has 0 fully saturated rings. The number of nitrogens with zero attached hydrogens (tertiary/aromatic N) is 2. The number of amides is 2. The van der Waals surface area contributed by atoms with Crippen LogP contribution in [-0.2, 0) is 10.5 Å². The quantitative estimate of drug-likeness (QED) is 0.408. The van der Waals surface area contributed by atoms with Crippen molar-refractivity contribution in [1.29, 1.82) is 0 Å². The van der Waals surface area contributed by atoms with E-state index in [2.05, 4.69) is 25.9 Å². The summed E-state index contributed by atoms with van der Waals surface area (Å²) in [6.07, 6.45) is 4.71. The number of ether oxygens (including phenoxy) is 1. The van der Waals surface area contributed by atoms with Gasteiger partial charge in [0.2, 0.25) is 5.95 Å². The number of H-pyrrole nitrogens is 1. The number of carbonyl (C=O) groups excluding carboxylic acids is 2. The number of hydrogen-bond acceptors (Lipinski definition) is 5. The molecule has 2 amide bonds. The Morgan fingerprint density at radius 2 is 2.03 bits per heavy atom. The molecule has 1 unspecified atom stereocenters. The number of nitrogens with one attached hydrogen (secondary N) is 2. The molecule has 3 N–H and O–H groups in total. The number of aromatic amines is 1. The summed E-state index contributed by atoms with van der Waals surface area (Å²) in [7, 11) is 1.23. The molecule has 8 nitrogen and oxygen atoms in total. The van der Waals surface area contributed by atoms with E-state index in [9.17, 15) is 14.7 Å². The summed E-state index contributed by atoms with van der Waals surface area (Å²) >= 11 is 0. The van der Waals surface area contributed by atoms with Gasteiger partial charge in [-0.1, -0.05) is 36.3 Å². The molecule has 1 aliphatic rings. The lowest BCUT2D eigenvalue weighted by Gasteiger charge is -2.35. The Hall–Kier alpha value is -4.68. The van der Waals surface area contributed by atoms with Crippen LogP contribution >= 0.6 is 0 Å². The van der Waals surface area contributed by atoms with Crippen molar-refractivity contribution in [3.63, 3.8) is 0 Å². The fraction of sp³-hybridized carbons (Fsp3) is 0.0800. The minimum atomic E-state index is -2.05. The van der Waals surface area contributed by atoms with E-state index in [4.69, 9.17) is 6.42 Å². The molecule has 1 atom stereocenters. The van der Waals surface area contributed by atoms with Crippen molar-refractivity contribution in [2.75, 3.05) is 17.3 Å². The summed E-state index contributed by atoms with van der Waals surface area (Å²) in [6.45, 7) is 0. The van der Waals surface area contributed by atoms with Crippen molar-refractivity contribution >= 4 is 34.7 Å². The molecule has 168 valence electrons. The van der Waals surface area contributed by atoms with E-state index in [0.717, 1.165) is 4.90 Å². The molecule has 4 aromatic rings. The highest BCUT2D eigenvalue weighted by Crippen LogP contribution is 2.46. The first kappa shape index (κ1) is 21.2. The first-order chi connectivity index (χ1) is 16.4. The van der Waals surface area contributed by atoms with Gasteiger partial charge >= 0.3 is 6.09 Å². The molecule has 1 aromatic heterocycles. The van der Waals surface area contributed by atoms with Crippen LogP contribution in [0.1, 0.15) is 27.0 Å². The molecule has 0 saturated carbocycles. The van der Waals surface area contributed by atoms with Crippen LogP contribution in [0.2, 0.25) is 0 Å². The van der Waals surface area contributed by atoms with E-state index in [-0.39, 0.29) is 33.9 Å². The molecule has 0 aliphatic carbocycles. The molecule has 1 aliphatic heterocycles. The first-order valence-electron chi connectivity index (χ1n) is 10.1. The van der Waals surface area contributed by atoms with E-state index < -0.39 is 23.5 Å². The van der Waals surface area contributed by atoms with Gasteiger partial charge in [-0.15, -0.1) is 6.42 Å². The SMILES string of the molecule is C#Cc1cccc(N2C(=O)c3ccccc3C2(O)c2ccc3[nH]c(NC(=O)OC)nc3c2)c1F. The van der Waals surface area contributed by atoms with Crippen molar-refractivity contribution in [2.45, 2.75) is 5.72 Å². The van der Waals surface area contributed by atoms with Gasteiger partial charge in [-0.2, -0.15) is 0 Å². The topological polar surface area (TPSA) is 108 Å². The van der Waals surface area contributed by atoms with Gasteiger partial charge in [-0.25, -0.2) is 14.2 Å². The number of rotatable bonds is 3. The van der Waals surface area contributed by atoms with Gasteiger partial charge < -0.3 is 14.8 Å². The molecular formula is C25H17FN4O4. The van der Waals surface area contributed by atoms with Gasteiger partial charge in [-0.05, 0) is 30.3 Å². The van der Waals surface area contributed by atoms with E-state index in [1.165, 1.54) is 25.3 Å². The average molecular weight is 456 g/mol. The molecule has 0 spiro atoms. The van der Waals surface area contributed by atoms with Crippen molar-refractivity contribution in [3.05, 3.63) is 88.7 Å². The number of benzene rings is 3. The Balaban J connectivity index is 1.71. The number of aromatic nitrogens is 2. The molecular weight excluding hydrogens is 439 g/mol. The maximum atomic E-state index is 15.3. The van der Waals surface area contributed by atoms with Crippen LogP contribution in [0, 0.1) is 18.2 Å². The average Bonchev–Trinajstić information content (AvgIpc) is 3.35. The Kier molecular flexibility index (Phi) is 4.81. The lowest BCUT2D eigenvalue weighted by Crippen LogP contribution is -2.45. The van der Waals surface area contributed by atoms with Crippen LogP contribution in [0.25, 0.3) is 11.0 Å². The molecule has 9 heteroatoms. The Morgan fingerprint density at radius 3 is 2.79 bits per heavy atom. The third-order valence-electron chi connectivity index (χ3n) is 5.73. The Morgan fingerprint density at radius 1 is 1.24 bits per heavy atom. The van der Waals surface area contributed by atoms with Crippen molar-refractivity contribution in [1.82, 2.24) is 9.97 Å². The fourth-order valence-corrected chi connectivity index (χ4v) is 4.16. The zero-order chi connectivity index (χ0) is 24.0. The van der Waals surface area contributed by atoms with Gasteiger partial charge in [0.05, 0.1) is 29.4 Å². The smallest absolute Gasteiger partial charge is 0.413 e. The number of fused-ring (bicyclic) bond motifs is 2. The number of hydrogen-bond donors (Lipinski definition) is 3. The second-order valence-corrected chi connectivity index (χ2v) is 7.58. The fourth-order valence-electron chi connectivity index (χ4n) is 4.16. The predicted octanol–water partition coefficient (Wildman–Crippen LogP) is 3.72. The highest BCUT2D eigenvalue weighted by molar-refractivity contribution is 6.12. The molecule has 3 aromatic carbocycles. The largest absolute Gasteiger partial charge is 0.453 e. The molecule has 0 bridgehead atoms. The van der Waals surface area contributed by atoms with Crippen molar-refractivity contribution < 1.29 is 23.8 Å². The Labute approximate surface area is 193 Å². The minimum Gasteiger partial charge on any atom is -0.453 e. The zero-order valence-corrected chi connectivity index (χ0v) is 17.8. The van der Waals surface area contributed by atoms with E-state index in [1.807, 2.05) is 0 Å². The van der Waals surface area contributed by atoms with Crippen LogP contribution in [0.5, 0.6) is 0 Å². The summed E-state index contributed by atoms with van der Waals surface area (Å²) < 4.78 is 19.8. The second-order valence-electron chi connectivity index (χ2n) is 7.58. The molecule has 34 heavy (non-hydrogen) atoms. The first-order valence-corrected chi connectivity index (χ1v) is 10.1. The lowest BCUT2D eigenvalue weighted by atomic mass is 9.93. The molecule has 0 radical (unpaired) electrons. The van der Waals surface area contributed by atoms with Gasteiger partial charge in [0.25, 0.3) is 5.91 Å². The minimum absolute atomic E-state index is 0.0371. The van der Waals surface area contributed by atoms with Gasteiger partial charge in [0.15, 0.2) is 11.5 Å². The van der Waals surface area contributed by atoms with E-state index >= 15 is 4.39 Å². The highest BCUT2D eigenvalue weighted by atomic mass is 19.1. The standard InChI is InChI=1S/C25H17FN4O4/c1-3-14-7-6-10-20(21(14)26)30-22(31)16-8-4-5-9-17(16)25(30,33)15-11-12-18-19(13-15)28-23(27-18)29-24(32)34-2/h1,4-13,33H,2H3,(H2,27,28,29,32). The normalized spacial score (nSPS) is 16.9. The summed E-state index contributed by atoms with van der Waals surface area (Å²) in [5, 5.41) is 14.5. The number of carbonyl (C=O) groups is 2. The van der Waals surface area contributed by atoms with Crippen LogP contribution < -0.4 is 10.2 Å². The molecule has 2 heterocycles. The number of methoxy groups -OCH3 is 1. The zero-order valence-electron chi connectivity index (χ0n) is 17.8. The number of halogens is 1. The number of aliphatic hydroxyl groups is 1. The van der Waals surface area contributed by atoms with Gasteiger partial charge in [-0.3, -0.25) is 15.0 Å². The maximum absolute atomic E-state index is 15.3. The lowest BCUT2D eigenvalue weighted by molar-refractivity contribution is 0.0699. The molecule has 5 rings (SSSR count). The monoisotopic (exact) mass is 456 g/mol. The summed E-state index contributed by atoms with van der Waals surface area (Å²) in [4.78, 5) is 33.2. The van der Waals surface area contributed by atoms with Crippen LogP contribution in [0.15, 0.2) is 60.7 Å². The van der Waals surface area contributed by atoms with Gasteiger partial charge in [0.1, 0.15) is 0 Å². The van der Waals surface area contributed by atoms with Crippen LogP contribution in [0.4, 0.5) is 20.8 Å². The second kappa shape index (κ2) is 7.72. The summed E-state index contributed by atoms with van der Waals surface area (Å²) in [5.41, 5.74) is -0.515. The predicted molar refractivity (Wildman–Crippen MR) is 123 cm³/mol. The van der Waals surface area contributed by atoms with Gasteiger partial charge in [0, 0.05) is 16.7 Å². The number of terminal acetylenes is 1. The van der Waals surface area contributed by atoms with Crippen molar-refractivity contribution in [2.24, 2.45) is 0 Å². The number of anilines is 2. The summed E-state index contributed by atoms with van der Waals surface area (Å²) in [5.74, 6) is 1.02. The highest BCUT2D eigenvalue weighted by Gasteiger charge is 2.51. The van der Waals surface area contributed by atoms with Crippen molar-refractivity contribution in [3.8, 4) is 12.3 Å². The third-order valence-corrected chi connectivity index (χ3v) is 5.73. The molecule has 0 saturated heterocycles. The summed E-state index contributed by atoms with van der Waals surface area (Å²) in [6, 6.07) is 15.6. The van der Waals surface area contributed by atoms with E-state index in [0.29, 0.717) is 11.0 Å². The Bertz CT molecular complexity index is 1520. The third kappa shape index (κ3) is 3.01. The van der Waals surface area contributed by atoms with Crippen LogP contribution in [0.3, 0.4) is 0 Å². The number of imidazole rings is 1.